The summed E-state index contributed by atoms with van der Waals surface area (Å²) < 4.78 is 2.18. The van der Waals surface area contributed by atoms with E-state index in [2.05, 4.69) is 39.1 Å². The molecule has 0 fully saturated rings. The van der Waals surface area contributed by atoms with Gasteiger partial charge in [-0.05, 0) is 20.8 Å². The van der Waals surface area contributed by atoms with Crippen LogP contribution in [0.25, 0.3) is 0 Å². The lowest BCUT2D eigenvalue weighted by Gasteiger charge is -2.11. The first-order chi connectivity index (χ1) is 8.16. The van der Waals surface area contributed by atoms with Crippen molar-refractivity contribution in [3.05, 3.63) is 34.3 Å². The molecular formula is C12H18N4S. The fourth-order valence-electron chi connectivity index (χ4n) is 1.72. The largest absolute Gasteiger partial charge is 0.331 e. The third kappa shape index (κ3) is 3.14. The highest BCUT2D eigenvalue weighted by atomic mass is 32.1. The Morgan fingerprint density at radius 2 is 2.24 bits per heavy atom. The highest BCUT2D eigenvalue weighted by Gasteiger charge is 2.05. The van der Waals surface area contributed by atoms with Gasteiger partial charge in [0.2, 0.25) is 0 Å². The second-order valence-corrected chi connectivity index (χ2v) is 5.31. The number of imidazole rings is 1. The van der Waals surface area contributed by atoms with E-state index < -0.39 is 0 Å². The molecule has 17 heavy (non-hydrogen) atoms. The van der Waals surface area contributed by atoms with E-state index in [9.17, 15) is 0 Å². The topological polar surface area (TPSA) is 42.7 Å². The Morgan fingerprint density at radius 3 is 2.88 bits per heavy atom. The Kier molecular flexibility index (Phi) is 3.91. The van der Waals surface area contributed by atoms with Gasteiger partial charge in [-0.2, -0.15) is 0 Å². The van der Waals surface area contributed by atoms with Crippen LogP contribution in [-0.4, -0.2) is 14.5 Å². The van der Waals surface area contributed by atoms with Gasteiger partial charge >= 0.3 is 0 Å². The molecule has 2 rings (SSSR count). The molecule has 2 aromatic rings. The number of thiazole rings is 1. The zero-order valence-corrected chi connectivity index (χ0v) is 11.3. The van der Waals surface area contributed by atoms with Crippen molar-refractivity contribution >= 4 is 11.3 Å². The summed E-state index contributed by atoms with van der Waals surface area (Å²) in [5.74, 6) is 0. The summed E-state index contributed by atoms with van der Waals surface area (Å²) in [5.41, 5.74) is 2.31. The van der Waals surface area contributed by atoms with Crippen LogP contribution in [0.5, 0.6) is 0 Å². The summed E-state index contributed by atoms with van der Waals surface area (Å²) in [6.45, 7) is 8.00. The Hall–Kier alpha value is -1.20. The summed E-state index contributed by atoms with van der Waals surface area (Å²) in [6.07, 6.45) is 3.80. The first-order valence-corrected chi connectivity index (χ1v) is 6.67. The molecule has 0 unspecified atom stereocenters. The van der Waals surface area contributed by atoms with E-state index in [1.807, 2.05) is 19.4 Å². The molecule has 0 spiro atoms. The van der Waals surface area contributed by atoms with E-state index in [-0.39, 0.29) is 0 Å². The minimum atomic E-state index is 0.455. The van der Waals surface area contributed by atoms with E-state index in [1.54, 1.807) is 11.3 Å². The van der Waals surface area contributed by atoms with Gasteiger partial charge in [0, 0.05) is 36.4 Å². The molecule has 5 heteroatoms. The Morgan fingerprint density at radius 1 is 1.41 bits per heavy atom. The molecule has 0 saturated carbocycles. The number of nitrogens with one attached hydrogen (secondary N) is 1. The lowest BCUT2D eigenvalue weighted by atomic mass is 10.3. The monoisotopic (exact) mass is 250 g/mol. The Balaban J connectivity index is 1.88. The minimum Gasteiger partial charge on any atom is -0.331 e. The molecule has 4 nitrogen and oxygen atoms in total. The molecule has 0 bridgehead atoms. The SMILES string of the molecule is Cc1csc(CNCc2cncn2C(C)C)n1. The van der Waals surface area contributed by atoms with Crippen LogP contribution in [-0.2, 0) is 13.1 Å². The molecule has 0 saturated heterocycles. The van der Waals surface area contributed by atoms with Crippen LogP contribution in [0.2, 0.25) is 0 Å². The zero-order chi connectivity index (χ0) is 12.3. The van der Waals surface area contributed by atoms with Crippen LogP contribution in [0.3, 0.4) is 0 Å². The first-order valence-electron chi connectivity index (χ1n) is 5.79. The van der Waals surface area contributed by atoms with E-state index in [0.717, 1.165) is 23.8 Å². The van der Waals surface area contributed by atoms with Gasteiger partial charge < -0.3 is 9.88 Å². The van der Waals surface area contributed by atoms with Crippen LogP contribution in [0.15, 0.2) is 17.9 Å². The van der Waals surface area contributed by atoms with E-state index in [1.165, 1.54) is 5.69 Å². The van der Waals surface area contributed by atoms with Crippen molar-refractivity contribution < 1.29 is 0 Å². The fraction of sp³-hybridized carbons (Fsp3) is 0.500. The van der Waals surface area contributed by atoms with Crippen molar-refractivity contribution in [2.75, 3.05) is 0 Å². The van der Waals surface area contributed by atoms with Crippen LogP contribution in [0, 0.1) is 6.92 Å². The summed E-state index contributed by atoms with van der Waals surface area (Å²) in [5, 5.41) is 6.62. The number of rotatable bonds is 5. The van der Waals surface area contributed by atoms with E-state index in [0.29, 0.717) is 6.04 Å². The van der Waals surface area contributed by atoms with Gasteiger partial charge in [-0.3, -0.25) is 0 Å². The van der Waals surface area contributed by atoms with Gasteiger partial charge in [0.05, 0.1) is 12.0 Å². The Labute approximate surface area is 106 Å². The van der Waals surface area contributed by atoms with Gasteiger partial charge in [0.25, 0.3) is 0 Å². The first kappa shape index (κ1) is 12.3. The number of aryl methyl sites for hydroxylation is 1. The maximum Gasteiger partial charge on any atom is 0.107 e. The third-order valence-electron chi connectivity index (χ3n) is 2.55. The molecule has 0 aliphatic rings. The second-order valence-electron chi connectivity index (χ2n) is 4.37. The molecule has 0 atom stereocenters. The highest BCUT2D eigenvalue weighted by Crippen LogP contribution is 2.10. The lowest BCUT2D eigenvalue weighted by molar-refractivity contribution is 0.550. The molecule has 0 aliphatic carbocycles. The number of hydrogen-bond acceptors (Lipinski definition) is 4. The highest BCUT2D eigenvalue weighted by molar-refractivity contribution is 7.09. The summed E-state index contributed by atoms with van der Waals surface area (Å²) in [7, 11) is 0. The third-order valence-corrected chi connectivity index (χ3v) is 3.52. The quantitative estimate of drug-likeness (QED) is 0.886. The van der Waals surface area contributed by atoms with Crippen molar-refractivity contribution in [2.45, 2.75) is 39.9 Å². The van der Waals surface area contributed by atoms with Crippen molar-refractivity contribution in [1.29, 1.82) is 0 Å². The molecule has 92 valence electrons. The second kappa shape index (κ2) is 5.42. The van der Waals surface area contributed by atoms with Crippen molar-refractivity contribution in [3.8, 4) is 0 Å². The van der Waals surface area contributed by atoms with E-state index in [4.69, 9.17) is 0 Å². The maximum absolute atomic E-state index is 4.42. The van der Waals surface area contributed by atoms with Crippen molar-refractivity contribution in [2.24, 2.45) is 0 Å². The molecule has 1 N–H and O–H groups in total. The van der Waals surface area contributed by atoms with Crippen molar-refractivity contribution in [3.63, 3.8) is 0 Å². The van der Waals surface area contributed by atoms with Crippen LogP contribution < -0.4 is 5.32 Å². The van der Waals surface area contributed by atoms with E-state index >= 15 is 0 Å². The molecule has 0 aromatic carbocycles. The summed E-state index contributed by atoms with van der Waals surface area (Å²) in [6, 6.07) is 0.455. The standard InChI is InChI=1S/C12H18N4S/c1-9(2)16-8-14-5-11(16)4-13-6-12-15-10(3)7-17-12/h5,7-9,13H,4,6H2,1-3H3. The molecule has 0 radical (unpaired) electrons. The molecule has 0 amide bonds. The fourth-order valence-corrected chi connectivity index (χ4v) is 2.46. The average Bonchev–Trinajstić information content (AvgIpc) is 2.87. The molecular weight excluding hydrogens is 232 g/mol. The zero-order valence-electron chi connectivity index (χ0n) is 10.5. The van der Waals surface area contributed by atoms with Crippen molar-refractivity contribution in [1.82, 2.24) is 19.9 Å². The van der Waals surface area contributed by atoms with Gasteiger partial charge in [-0.1, -0.05) is 0 Å². The minimum absolute atomic E-state index is 0.455. The van der Waals surface area contributed by atoms with Gasteiger partial charge in [0.1, 0.15) is 5.01 Å². The number of aromatic nitrogens is 3. The van der Waals surface area contributed by atoms with Crippen LogP contribution in [0.4, 0.5) is 0 Å². The summed E-state index contributed by atoms with van der Waals surface area (Å²) >= 11 is 1.70. The number of hydrogen-bond donors (Lipinski definition) is 1. The number of nitrogens with zero attached hydrogens (tertiary/aromatic N) is 3. The lowest BCUT2D eigenvalue weighted by Crippen LogP contribution is -2.16. The predicted octanol–water partition coefficient (Wildman–Crippen LogP) is 2.52. The van der Waals surface area contributed by atoms with Crippen LogP contribution in [0.1, 0.15) is 36.3 Å². The predicted molar refractivity (Wildman–Crippen MR) is 70.0 cm³/mol. The normalized spacial score (nSPS) is 11.3. The van der Waals surface area contributed by atoms with Crippen LogP contribution >= 0.6 is 11.3 Å². The molecule has 0 aliphatic heterocycles. The smallest absolute Gasteiger partial charge is 0.107 e. The van der Waals surface area contributed by atoms with Gasteiger partial charge in [-0.25, -0.2) is 9.97 Å². The average molecular weight is 250 g/mol. The molecule has 2 aromatic heterocycles. The van der Waals surface area contributed by atoms with Gasteiger partial charge in [-0.15, -0.1) is 11.3 Å². The maximum atomic E-state index is 4.42. The van der Waals surface area contributed by atoms with Gasteiger partial charge in [0.15, 0.2) is 0 Å². The Bertz CT molecular complexity index is 472. The molecule has 2 heterocycles. The summed E-state index contributed by atoms with van der Waals surface area (Å²) in [4.78, 5) is 8.60.